The van der Waals surface area contributed by atoms with Gasteiger partial charge in [-0.05, 0) is 47.5 Å². The van der Waals surface area contributed by atoms with E-state index in [9.17, 15) is 4.79 Å². The molecule has 3 aromatic rings. The van der Waals surface area contributed by atoms with E-state index in [0.29, 0.717) is 36.9 Å². The molecule has 3 heterocycles. The summed E-state index contributed by atoms with van der Waals surface area (Å²) >= 11 is 0. The molecule has 2 aliphatic rings. The number of allylic oxidation sites excluding steroid dienone is 1. The zero-order valence-electron chi connectivity index (χ0n) is 16.5. The van der Waals surface area contributed by atoms with Gasteiger partial charge in [-0.15, -0.1) is 0 Å². The van der Waals surface area contributed by atoms with Gasteiger partial charge in [-0.2, -0.15) is 0 Å². The lowest BCUT2D eigenvalue weighted by atomic mass is 10.0. The summed E-state index contributed by atoms with van der Waals surface area (Å²) in [6.07, 6.45) is 5.36. The van der Waals surface area contributed by atoms with E-state index < -0.39 is 0 Å². The molecule has 150 valence electrons. The fourth-order valence-corrected chi connectivity index (χ4v) is 3.71. The molecule has 0 fully saturated rings. The van der Waals surface area contributed by atoms with Gasteiger partial charge in [0, 0.05) is 25.5 Å². The van der Waals surface area contributed by atoms with E-state index in [1.54, 1.807) is 25.4 Å². The number of hydrogen-bond donors (Lipinski definition) is 0. The zero-order chi connectivity index (χ0) is 20.5. The Balaban J connectivity index is 1.41. The Kier molecular flexibility index (Phi) is 4.69. The van der Waals surface area contributed by atoms with Crippen molar-refractivity contribution in [2.75, 3.05) is 13.8 Å². The summed E-state index contributed by atoms with van der Waals surface area (Å²) in [5.41, 5.74) is 3.44. The Morgan fingerprint density at radius 2 is 2.03 bits per heavy atom. The van der Waals surface area contributed by atoms with Gasteiger partial charge in [-0.3, -0.25) is 14.7 Å². The minimum atomic E-state index is -0.118. The topological polar surface area (TPSA) is 60.9 Å². The van der Waals surface area contributed by atoms with Crippen LogP contribution >= 0.6 is 0 Å². The van der Waals surface area contributed by atoms with Crippen LogP contribution in [0.25, 0.3) is 6.08 Å². The van der Waals surface area contributed by atoms with E-state index in [1.165, 1.54) is 0 Å². The number of methoxy groups -OCH3 is 1. The predicted octanol–water partition coefficient (Wildman–Crippen LogP) is 4.06. The zero-order valence-corrected chi connectivity index (χ0v) is 16.5. The van der Waals surface area contributed by atoms with Crippen LogP contribution in [0.2, 0.25) is 0 Å². The Bertz CT molecular complexity index is 1120. The standard InChI is InChI=1S/C24H20N2O4/c1-28-18-6-4-16(5-7-18)11-22-23(27)19-8-9-21-20(24(19)30-22)14-26(15-29-21)13-17-3-2-10-25-12-17/h2-12H,13-15H2,1H3. The molecule has 1 aromatic heterocycles. The highest BCUT2D eigenvalue weighted by Gasteiger charge is 2.33. The summed E-state index contributed by atoms with van der Waals surface area (Å²) in [6.45, 7) is 1.82. The van der Waals surface area contributed by atoms with Crippen molar-refractivity contribution in [3.63, 3.8) is 0 Å². The van der Waals surface area contributed by atoms with Crippen molar-refractivity contribution in [3.05, 3.63) is 88.9 Å². The van der Waals surface area contributed by atoms with Gasteiger partial charge in [0.05, 0.1) is 18.2 Å². The van der Waals surface area contributed by atoms with Gasteiger partial charge in [0.2, 0.25) is 5.78 Å². The maximum absolute atomic E-state index is 12.9. The molecule has 30 heavy (non-hydrogen) atoms. The van der Waals surface area contributed by atoms with Crippen LogP contribution in [0.4, 0.5) is 0 Å². The molecule has 0 amide bonds. The normalized spacial score (nSPS) is 16.6. The van der Waals surface area contributed by atoms with Crippen molar-refractivity contribution in [1.82, 2.24) is 9.88 Å². The SMILES string of the molecule is COc1ccc(C=C2Oc3c(ccc4c3CN(Cc3cccnc3)CO4)C2=O)cc1. The largest absolute Gasteiger partial charge is 0.497 e. The van der Waals surface area contributed by atoms with Crippen molar-refractivity contribution < 1.29 is 19.0 Å². The van der Waals surface area contributed by atoms with Gasteiger partial charge < -0.3 is 14.2 Å². The minimum Gasteiger partial charge on any atom is -0.497 e. The molecular formula is C24H20N2O4. The van der Waals surface area contributed by atoms with E-state index >= 15 is 0 Å². The first kappa shape index (κ1) is 18.4. The maximum Gasteiger partial charge on any atom is 0.231 e. The number of benzene rings is 2. The van der Waals surface area contributed by atoms with E-state index in [-0.39, 0.29) is 5.78 Å². The molecule has 0 saturated carbocycles. The highest BCUT2D eigenvalue weighted by atomic mass is 16.5. The quantitative estimate of drug-likeness (QED) is 0.616. The van der Waals surface area contributed by atoms with Crippen LogP contribution in [0, 0.1) is 0 Å². The second-order valence-electron chi connectivity index (χ2n) is 7.25. The van der Waals surface area contributed by atoms with Gasteiger partial charge in [0.1, 0.15) is 24.0 Å². The first-order valence-corrected chi connectivity index (χ1v) is 9.69. The molecule has 6 heteroatoms. The first-order chi connectivity index (χ1) is 14.7. The Morgan fingerprint density at radius 1 is 1.17 bits per heavy atom. The van der Waals surface area contributed by atoms with Crippen molar-refractivity contribution in [1.29, 1.82) is 0 Å². The Morgan fingerprint density at radius 3 is 2.80 bits per heavy atom. The molecule has 2 aliphatic heterocycles. The fraction of sp³-hybridized carbons (Fsp3) is 0.167. The number of fused-ring (bicyclic) bond motifs is 3. The number of Topliss-reactive ketones (excluding diaryl/α,β-unsaturated/α-hetero) is 1. The van der Waals surface area contributed by atoms with Crippen LogP contribution < -0.4 is 14.2 Å². The highest BCUT2D eigenvalue weighted by Crippen LogP contribution is 2.42. The summed E-state index contributed by atoms with van der Waals surface area (Å²) < 4.78 is 17.2. The molecular weight excluding hydrogens is 380 g/mol. The lowest BCUT2D eigenvalue weighted by molar-refractivity contribution is 0.0872. The van der Waals surface area contributed by atoms with Gasteiger partial charge in [0.15, 0.2) is 5.76 Å². The van der Waals surface area contributed by atoms with E-state index in [0.717, 1.165) is 28.2 Å². The van der Waals surface area contributed by atoms with Crippen LogP contribution in [-0.4, -0.2) is 29.5 Å². The molecule has 0 N–H and O–H groups in total. The van der Waals surface area contributed by atoms with Crippen LogP contribution in [0.3, 0.4) is 0 Å². The predicted molar refractivity (Wildman–Crippen MR) is 111 cm³/mol. The lowest BCUT2D eigenvalue weighted by Crippen LogP contribution is -2.31. The van der Waals surface area contributed by atoms with Crippen molar-refractivity contribution in [3.8, 4) is 17.2 Å². The van der Waals surface area contributed by atoms with Crippen LogP contribution in [0.5, 0.6) is 17.2 Å². The van der Waals surface area contributed by atoms with E-state index in [1.807, 2.05) is 48.7 Å². The number of hydrogen-bond acceptors (Lipinski definition) is 6. The van der Waals surface area contributed by atoms with Crippen molar-refractivity contribution in [2.45, 2.75) is 13.1 Å². The summed E-state index contributed by atoms with van der Waals surface area (Å²) in [5, 5.41) is 0. The smallest absolute Gasteiger partial charge is 0.231 e. The number of pyridine rings is 1. The van der Waals surface area contributed by atoms with Gasteiger partial charge in [-0.25, -0.2) is 0 Å². The molecule has 0 saturated heterocycles. The molecule has 0 atom stereocenters. The second-order valence-corrected chi connectivity index (χ2v) is 7.25. The summed E-state index contributed by atoms with van der Waals surface area (Å²) in [5.74, 6) is 2.31. The molecule has 2 aromatic carbocycles. The van der Waals surface area contributed by atoms with Gasteiger partial charge >= 0.3 is 0 Å². The van der Waals surface area contributed by atoms with Crippen molar-refractivity contribution >= 4 is 11.9 Å². The van der Waals surface area contributed by atoms with Crippen LogP contribution in [0.1, 0.15) is 27.0 Å². The minimum absolute atomic E-state index is 0.118. The van der Waals surface area contributed by atoms with Crippen molar-refractivity contribution in [2.24, 2.45) is 0 Å². The number of rotatable bonds is 4. The fourth-order valence-electron chi connectivity index (χ4n) is 3.71. The molecule has 0 unspecified atom stereocenters. The van der Waals surface area contributed by atoms with Gasteiger partial charge in [0.25, 0.3) is 0 Å². The number of ketones is 1. The molecule has 0 spiro atoms. The number of carbonyl (C=O) groups excluding carboxylic acids is 1. The Labute approximate surface area is 174 Å². The second kappa shape index (κ2) is 7.65. The molecule has 0 radical (unpaired) electrons. The molecule has 0 aliphatic carbocycles. The van der Waals surface area contributed by atoms with Gasteiger partial charge in [-0.1, -0.05) is 18.2 Å². The monoisotopic (exact) mass is 400 g/mol. The van der Waals surface area contributed by atoms with E-state index in [2.05, 4.69) is 9.88 Å². The average Bonchev–Trinajstić information content (AvgIpc) is 3.11. The summed E-state index contributed by atoms with van der Waals surface area (Å²) in [6, 6.07) is 15.1. The van der Waals surface area contributed by atoms with E-state index in [4.69, 9.17) is 14.2 Å². The number of ether oxygens (including phenoxy) is 3. The third-order valence-corrected chi connectivity index (χ3v) is 5.22. The summed E-state index contributed by atoms with van der Waals surface area (Å²) in [4.78, 5) is 19.2. The van der Waals surface area contributed by atoms with Crippen LogP contribution in [0.15, 0.2) is 66.7 Å². The molecule has 0 bridgehead atoms. The number of aromatic nitrogens is 1. The lowest BCUT2D eigenvalue weighted by Gasteiger charge is -2.29. The third-order valence-electron chi connectivity index (χ3n) is 5.22. The highest BCUT2D eigenvalue weighted by molar-refractivity contribution is 6.15. The number of nitrogens with zero attached hydrogens (tertiary/aromatic N) is 2. The maximum atomic E-state index is 12.9. The van der Waals surface area contributed by atoms with Crippen LogP contribution in [-0.2, 0) is 13.1 Å². The molecule has 5 rings (SSSR count). The summed E-state index contributed by atoms with van der Waals surface area (Å²) in [7, 11) is 1.62. The average molecular weight is 400 g/mol. The molecule has 6 nitrogen and oxygen atoms in total. The number of carbonyl (C=O) groups is 1. The first-order valence-electron chi connectivity index (χ1n) is 9.69. The Hall–Kier alpha value is -3.64. The third kappa shape index (κ3) is 3.42.